The van der Waals surface area contributed by atoms with Gasteiger partial charge in [0.25, 0.3) is 0 Å². The van der Waals surface area contributed by atoms with Gasteiger partial charge in [0, 0.05) is 36.1 Å². The summed E-state index contributed by atoms with van der Waals surface area (Å²) in [5.74, 6) is 0.0410. The van der Waals surface area contributed by atoms with Crippen molar-refractivity contribution < 1.29 is 4.79 Å². The number of carbonyl (C=O) groups excluding carboxylic acids is 1. The summed E-state index contributed by atoms with van der Waals surface area (Å²) >= 11 is 0. The average molecular weight is 292 g/mol. The lowest BCUT2D eigenvalue weighted by Crippen LogP contribution is -2.13. The van der Waals surface area contributed by atoms with Gasteiger partial charge in [-0.2, -0.15) is 5.26 Å². The molecule has 0 bridgehead atoms. The van der Waals surface area contributed by atoms with Crippen molar-refractivity contribution in [2.24, 2.45) is 0 Å². The third-order valence-electron chi connectivity index (χ3n) is 4.03. The average Bonchev–Trinajstić information content (AvgIpc) is 3.00. The molecule has 2 aromatic heterocycles. The van der Waals surface area contributed by atoms with Crippen LogP contribution in [0.25, 0.3) is 10.9 Å². The van der Waals surface area contributed by atoms with E-state index in [0.717, 1.165) is 27.7 Å². The molecule has 22 heavy (non-hydrogen) atoms. The normalized spacial score (nSPS) is 10.8. The maximum absolute atomic E-state index is 11.9. The molecule has 0 fully saturated rings. The van der Waals surface area contributed by atoms with E-state index in [0.29, 0.717) is 12.0 Å². The summed E-state index contributed by atoms with van der Waals surface area (Å²) in [6, 6.07) is 10.1. The van der Waals surface area contributed by atoms with E-state index in [4.69, 9.17) is 5.73 Å². The highest BCUT2D eigenvalue weighted by molar-refractivity contribution is 5.86. The quantitative estimate of drug-likeness (QED) is 0.761. The molecule has 0 spiro atoms. The third-order valence-corrected chi connectivity index (χ3v) is 4.03. The second kappa shape index (κ2) is 5.08. The van der Waals surface area contributed by atoms with Crippen LogP contribution in [0.15, 0.2) is 30.5 Å². The Bertz CT molecular complexity index is 924. The van der Waals surface area contributed by atoms with E-state index in [1.807, 2.05) is 37.4 Å². The summed E-state index contributed by atoms with van der Waals surface area (Å²) in [5, 5.41) is 10.4. The standard InChI is InChI=1S/C17H16N4O/c1-10-14(8-18)17(19)21(11(2)22)16(10)7-12-9-20-15-6-4-3-5-13(12)15/h3-6,9,20H,7,19H2,1-2H3. The number of aromatic amines is 1. The highest BCUT2D eigenvalue weighted by Gasteiger charge is 2.21. The van der Waals surface area contributed by atoms with Crippen LogP contribution in [0.3, 0.4) is 0 Å². The molecule has 0 saturated heterocycles. The Labute approximate surface area is 128 Å². The minimum atomic E-state index is -0.183. The zero-order valence-corrected chi connectivity index (χ0v) is 12.5. The van der Waals surface area contributed by atoms with Crippen molar-refractivity contribution >= 4 is 22.6 Å². The predicted molar refractivity (Wildman–Crippen MR) is 85.7 cm³/mol. The van der Waals surface area contributed by atoms with Gasteiger partial charge < -0.3 is 10.7 Å². The molecule has 1 aromatic carbocycles. The zero-order chi connectivity index (χ0) is 15.9. The Morgan fingerprint density at radius 1 is 1.41 bits per heavy atom. The number of H-pyrrole nitrogens is 1. The van der Waals surface area contributed by atoms with Crippen molar-refractivity contribution in [3.8, 4) is 6.07 Å². The van der Waals surface area contributed by atoms with Crippen LogP contribution in [0, 0.1) is 18.3 Å². The number of nitriles is 1. The number of benzene rings is 1. The second-order valence-electron chi connectivity index (χ2n) is 5.33. The van der Waals surface area contributed by atoms with Crippen molar-refractivity contribution in [2.75, 3.05) is 5.73 Å². The minimum Gasteiger partial charge on any atom is -0.384 e. The van der Waals surface area contributed by atoms with Gasteiger partial charge in [-0.25, -0.2) is 0 Å². The van der Waals surface area contributed by atoms with E-state index in [1.165, 1.54) is 11.5 Å². The van der Waals surface area contributed by atoms with Gasteiger partial charge in [-0.3, -0.25) is 9.36 Å². The summed E-state index contributed by atoms with van der Waals surface area (Å²) in [6.45, 7) is 3.29. The van der Waals surface area contributed by atoms with Crippen molar-refractivity contribution in [2.45, 2.75) is 20.3 Å². The fourth-order valence-electron chi connectivity index (χ4n) is 2.93. The number of hydrogen-bond acceptors (Lipinski definition) is 3. The van der Waals surface area contributed by atoms with Gasteiger partial charge in [0.15, 0.2) is 0 Å². The molecule has 5 heteroatoms. The van der Waals surface area contributed by atoms with Gasteiger partial charge in [-0.05, 0) is 24.1 Å². The van der Waals surface area contributed by atoms with Crippen molar-refractivity contribution in [1.29, 1.82) is 5.26 Å². The Morgan fingerprint density at radius 2 is 2.14 bits per heavy atom. The molecule has 2 heterocycles. The minimum absolute atomic E-state index is 0.183. The Balaban J connectivity index is 2.17. The van der Waals surface area contributed by atoms with E-state index in [9.17, 15) is 10.1 Å². The summed E-state index contributed by atoms with van der Waals surface area (Å²) in [5.41, 5.74) is 10.0. The van der Waals surface area contributed by atoms with E-state index in [1.54, 1.807) is 0 Å². The van der Waals surface area contributed by atoms with Gasteiger partial charge in [0.1, 0.15) is 11.9 Å². The molecular weight excluding hydrogens is 276 g/mol. The first-order chi connectivity index (χ1) is 10.5. The lowest BCUT2D eigenvalue weighted by Gasteiger charge is -2.07. The molecule has 3 aromatic rings. The van der Waals surface area contributed by atoms with Crippen LogP contribution in [0.2, 0.25) is 0 Å². The topological polar surface area (TPSA) is 87.6 Å². The maximum Gasteiger partial charge on any atom is 0.229 e. The van der Waals surface area contributed by atoms with Gasteiger partial charge in [0.2, 0.25) is 5.91 Å². The van der Waals surface area contributed by atoms with Crippen LogP contribution in [-0.2, 0) is 6.42 Å². The largest absolute Gasteiger partial charge is 0.384 e. The monoisotopic (exact) mass is 292 g/mol. The highest BCUT2D eigenvalue weighted by Crippen LogP contribution is 2.28. The summed E-state index contributed by atoms with van der Waals surface area (Å²) in [7, 11) is 0. The van der Waals surface area contributed by atoms with E-state index < -0.39 is 0 Å². The fourth-order valence-corrected chi connectivity index (χ4v) is 2.93. The smallest absolute Gasteiger partial charge is 0.229 e. The molecule has 0 atom stereocenters. The first kappa shape index (κ1) is 14.0. The number of aromatic nitrogens is 2. The zero-order valence-electron chi connectivity index (χ0n) is 12.5. The molecule has 0 aliphatic carbocycles. The van der Waals surface area contributed by atoms with Gasteiger partial charge in [-0.1, -0.05) is 18.2 Å². The van der Waals surface area contributed by atoms with Crippen LogP contribution in [0.1, 0.15) is 34.1 Å². The van der Waals surface area contributed by atoms with Gasteiger partial charge >= 0.3 is 0 Å². The number of hydrogen-bond donors (Lipinski definition) is 2. The maximum atomic E-state index is 11.9. The van der Waals surface area contributed by atoms with Gasteiger partial charge in [-0.15, -0.1) is 0 Å². The SMILES string of the molecule is CC(=O)n1c(N)c(C#N)c(C)c1Cc1c[nH]c2ccccc12. The Kier molecular flexibility index (Phi) is 3.22. The van der Waals surface area contributed by atoms with Gasteiger partial charge in [0.05, 0.1) is 5.56 Å². The first-order valence-corrected chi connectivity index (χ1v) is 7.00. The van der Waals surface area contributed by atoms with Crippen molar-refractivity contribution in [1.82, 2.24) is 9.55 Å². The number of nitrogen functional groups attached to an aromatic ring is 1. The Morgan fingerprint density at radius 3 is 2.82 bits per heavy atom. The summed E-state index contributed by atoms with van der Waals surface area (Å²) in [6.07, 6.45) is 2.48. The third kappa shape index (κ3) is 1.97. The lowest BCUT2D eigenvalue weighted by molar-refractivity contribution is 0.0936. The molecule has 0 unspecified atom stereocenters. The molecule has 0 amide bonds. The highest BCUT2D eigenvalue weighted by atomic mass is 16.1. The number of nitrogens with one attached hydrogen (secondary N) is 1. The van der Waals surface area contributed by atoms with Crippen LogP contribution >= 0.6 is 0 Å². The van der Waals surface area contributed by atoms with Crippen molar-refractivity contribution in [3.63, 3.8) is 0 Å². The molecule has 110 valence electrons. The number of nitrogens with zero attached hydrogens (tertiary/aromatic N) is 2. The Hall–Kier alpha value is -3.00. The van der Waals surface area contributed by atoms with E-state index in [-0.39, 0.29) is 11.7 Å². The van der Waals surface area contributed by atoms with Crippen LogP contribution in [0.5, 0.6) is 0 Å². The molecule has 3 N–H and O–H groups in total. The molecule has 0 saturated carbocycles. The van der Waals surface area contributed by atoms with Crippen molar-refractivity contribution in [3.05, 3.63) is 52.8 Å². The number of para-hydroxylation sites is 1. The molecule has 3 rings (SSSR count). The summed E-state index contributed by atoms with van der Waals surface area (Å²) in [4.78, 5) is 15.1. The van der Waals surface area contributed by atoms with Crippen LogP contribution in [0.4, 0.5) is 5.82 Å². The first-order valence-electron chi connectivity index (χ1n) is 7.00. The molecule has 0 aliphatic heterocycles. The number of carbonyl (C=O) groups is 1. The second-order valence-corrected chi connectivity index (χ2v) is 5.33. The molecule has 0 aliphatic rings. The van der Waals surface area contributed by atoms with E-state index >= 15 is 0 Å². The van der Waals surface area contributed by atoms with Crippen LogP contribution in [-0.4, -0.2) is 15.5 Å². The van der Waals surface area contributed by atoms with E-state index in [2.05, 4.69) is 11.1 Å². The number of fused-ring (bicyclic) bond motifs is 1. The number of nitrogens with two attached hydrogens (primary N) is 1. The fraction of sp³-hybridized carbons (Fsp3) is 0.176. The predicted octanol–water partition coefficient (Wildman–Crippen LogP) is 2.98. The van der Waals surface area contributed by atoms with Crippen LogP contribution < -0.4 is 5.73 Å². The summed E-state index contributed by atoms with van der Waals surface area (Å²) < 4.78 is 1.44. The molecular formula is C17H16N4O. The lowest BCUT2D eigenvalue weighted by atomic mass is 10.0. The number of rotatable bonds is 2. The number of anilines is 1. The molecule has 0 radical (unpaired) electrons. The molecule has 5 nitrogen and oxygen atoms in total.